The molecule has 0 aromatic carbocycles. The van der Waals surface area contributed by atoms with Crippen molar-refractivity contribution in [3.63, 3.8) is 0 Å². The average Bonchev–Trinajstić information content (AvgIpc) is 3.18. The van der Waals surface area contributed by atoms with E-state index in [-0.39, 0.29) is 23.3 Å². The summed E-state index contributed by atoms with van der Waals surface area (Å²) in [4.78, 5) is 24.3. The Morgan fingerprint density at radius 3 is 2.45 bits per heavy atom. The van der Waals surface area contributed by atoms with Crippen molar-refractivity contribution in [2.45, 2.75) is 90.7 Å². The van der Waals surface area contributed by atoms with Crippen LogP contribution < -0.4 is 0 Å². The predicted molar refractivity (Wildman–Crippen MR) is 109 cm³/mol. The van der Waals surface area contributed by atoms with Gasteiger partial charge in [-0.25, -0.2) is 0 Å². The number of carbonyl (C=O) groups is 2. The van der Waals surface area contributed by atoms with Gasteiger partial charge in [0, 0.05) is 18.3 Å². The van der Waals surface area contributed by atoms with Crippen molar-refractivity contribution in [2.24, 2.45) is 50.6 Å². The summed E-state index contributed by atoms with van der Waals surface area (Å²) in [6.07, 6.45) is 9.26. The van der Waals surface area contributed by atoms with Gasteiger partial charge in [0.15, 0.2) is 5.78 Å². The largest absolute Gasteiger partial charge is 0.463 e. The van der Waals surface area contributed by atoms with E-state index in [1.165, 1.54) is 32.6 Å². The van der Waals surface area contributed by atoms with Crippen molar-refractivity contribution in [3.05, 3.63) is 0 Å². The van der Waals surface area contributed by atoms with E-state index in [4.69, 9.17) is 4.74 Å². The second-order valence-electron chi connectivity index (χ2n) is 11.3. The Morgan fingerprint density at radius 2 is 1.72 bits per heavy atom. The van der Waals surface area contributed by atoms with E-state index in [1.807, 2.05) is 0 Å². The minimum absolute atomic E-state index is 0.0250. The molecule has 5 aliphatic rings. The zero-order valence-electron chi connectivity index (χ0n) is 18.4. The Kier molecular flexibility index (Phi) is 4.32. The summed E-state index contributed by atoms with van der Waals surface area (Å²) in [5.41, 5.74) is -0.223. The van der Waals surface area contributed by atoms with E-state index < -0.39 is 5.54 Å². The van der Waals surface area contributed by atoms with Gasteiger partial charge in [0.1, 0.15) is 11.6 Å². The van der Waals surface area contributed by atoms with Gasteiger partial charge < -0.3 is 4.74 Å². The van der Waals surface area contributed by atoms with E-state index >= 15 is 0 Å². The van der Waals surface area contributed by atoms with Gasteiger partial charge in [0.25, 0.3) is 0 Å². The fraction of sp³-hybridized carbons (Fsp3) is 0.917. The molecule has 4 saturated carbocycles. The number of Topliss-reactive ketones (excluding diaryl/α,β-unsaturated/α-hetero) is 1. The molecule has 4 fully saturated rings. The first kappa shape index (κ1) is 19.7. The lowest BCUT2D eigenvalue weighted by Gasteiger charge is -2.61. The first-order chi connectivity index (χ1) is 13.7. The third kappa shape index (κ3) is 2.45. The van der Waals surface area contributed by atoms with Crippen LogP contribution in [0.1, 0.15) is 79.1 Å². The van der Waals surface area contributed by atoms with Gasteiger partial charge in [-0.2, -0.15) is 10.2 Å². The summed E-state index contributed by atoms with van der Waals surface area (Å²) < 4.78 is 5.60. The van der Waals surface area contributed by atoms with Crippen molar-refractivity contribution in [3.8, 4) is 0 Å². The van der Waals surface area contributed by atoms with E-state index in [0.29, 0.717) is 29.1 Å². The minimum atomic E-state index is -0.548. The lowest BCUT2D eigenvalue weighted by Crippen LogP contribution is -2.58. The van der Waals surface area contributed by atoms with E-state index in [0.717, 1.165) is 38.1 Å². The monoisotopic (exact) mass is 400 g/mol. The summed E-state index contributed by atoms with van der Waals surface area (Å²) >= 11 is 0. The molecule has 0 spiro atoms. The molecular weight excluding hydrogens is 364 g/mol. The molecule has 5 nitrogen and oxygen atoms in total. The molecule has 5 heteroatoms. The molecule has 0 aromatic rings. The fourth-order valence-corrected chi connectivity index (χ4v) is 9.15. The second-order valence-corrected chi connectivity index (χ2v) is 11.3. The number of carbonyl (C=O) groups excluding carboxylic acids is 2. The SMILES string of the molecule is CC(=O)O[C@H]1CC[C@@]2(C)[C@@H](CC[C@H]3[C@H]2CC[C@@]2(C)[C@@H]3C[C@@H]3CN=N[C@@]32C(C)=O)C1. The van der Waals surface area contributed by atoms with Gasteiger partial charge in [0.2, 0.25) is 0 Å². The van der Waals surface area contributed by atoms with Crippen LogP contribution in [0, 0.1) is 40.4 Å². The third-order valence-corrected chi connectivity index (χ3v) is 10.4. The zero-order valence-corrected chi connectivity index (χ0v) is 18.4. The third-order valence-electron chi connectivity index (χ3n) is 10.4. The zero-order chi connectivity index (χ0) is 20.6. The maximum Gasteiger partial charge on any atom is 0.302 e. The summed E-state index contributed by atoms with van der Waals surface area (Å²) in [5, 5.41) is 9.06. The first-order valence-corrected chi connectivity index (χ1v) is 11.8. The van der Waals surface area contributed by atoms with Crippen LogP contribution in [0.5, 0.6) is 0 Å². The van der Waals surface area contributed by atoms with Gasteiger partial charge in [-0.05, 0) is 87.4 Å². The lowest BCUT2D eigenvalue weighted by atomic mass is 9.44. The number of azo groups is 1. The van der Waals surface area contributed by atoms with Crippen molar-refractivity contribution < 1.29 is 14.3 Å². The molecule has 0 amide bonds. The molecule has 4 aliphatic carbocycles. The smallest absolute Gasteiger partial charge is 0.302 e. The molecule has 0 bridgehead atoms. The molecular formula is C24H36N2O3. The van der Waals surface area contributed by atoms with Gasteiger partial charge in [-0.15, -0.1) is 0 Å². The number of hydrogen-bond acceptors (Lipinski definition) is 5. The number of nitrogens with zero attached hydrogens (tertiary/aromatic N) is 2. The highest BCUT2D eigenvalue weighted by atomic mass is 16.5. The van der Waals surface area contributed by atoms with Crippen LogP contribution in [0.2, 0.25) is 0 Å². The number of esters is 1. The maximum absolute atomic E-state index is 12.9. The fourth-order valence-electron chi connectivity index (χ4n) is 9.15. The number of ketones is 1. The van der Waals surface area contributed by atoms with Crippen molar-refractivity contribution >= 4 is 11.8 Å². The molecule has 9 atom stereocenters. The average molecular weight is 401 g/mol. The predicted octanol–water partition coefficient (Wildman–Crippen LogP) is 4.98. The Morgan fingerprint density at radius 1 is 0.931 bits per heavy atom. The molecule has 1 heterocycles. The molecule has 0 saturated heterocycles. The molecule has 1 aliphatic heterocycles. The highest BCUT2D eigenvalue weighted by Crippen LogP contribution is 2.71. The highest BCUT2D eigenvalue weighted by molar-refractivity contribution is 5.88. The molecule has 0 unspecified atom stereocenters. The van der Waals surface area contributed by atoms with Crippen LogP contribution in [0.15, 0.2) is 10.2 Å². The summed E-state index contributed by atoms with van der Waals surface area (Å²) in [5.74, 6) is 3.12. The Balaban J connectivity index is 1.42. The Bertz CT molecular complexity index is 765. The van der Waals surface area contributed by atoms with E-state index in [1.54, 1.807) is 6.92 Å². The quantitative estimate of drug-likeness (QED) is 0.614. The van der Waals surface area contributed by atoms with Crippen molar-refractivity contribution in [2.75, 3.05) is 6.54 Å². The summed E-state index contributed by atoms with van der Waals surface area (Å²) in [7, 11) is 0. The van der Waals surface area contributed by atoms with Crippen LogP contribution in [-0.4, -0.2) is 29.9 Å². The molecule has 0 radical (unpaired) electrons. The van der Waals surface area contributed by atoms with Crippen LogP contribution in [0.25, 0.3) is 0 Å². The number of ether oxygens (including phenoxy) is 1. The topological polar surface area (TPSA) is 68.1 Å². The second kappa shape index (κ2) is 6.37. The standard InChI is InChI=1S/C24H36N2O3/c1-14(27)24-17(13-25-26-24)12-21-19-6-5-16-11-18(29-15(2)28)7-9-22(16,3)20(19)8-10-23(21,24)4/h16-21H,5-13H2,1-4H3/t16-,17+,18-,19-,20+,21+,22-,23-,24-/m0/s1. The van der Waals surface area contributed by atoms with Crippen LogP contribution in [0.4, 0.5) is 0 Å². The van der Waals surface area contributed by atoms with Gasteiger partial charge in [-0.3, -0.25) is 9.59 Å². The Labute approximate surface area is 174 Å². The van der Waals surface area contributed by atoms with Gasteiger partial charge in [-0.1, -0.05) is 13.8 Å². The van der Waals surface area contributed by atoms with Crippen molar-refractivity contribution in [1.29, 1.82) is 0 Å². The number of hydrogen-bond donors (Lipinski definition) is 0. The van der Waals surface area contributed by atoms with Gasteiger partial charge >= 0.3 is 5.97 Å². The number of rotatable bonds is 2. The summed E-state index contributed by atoms with van der Waals surface area (Å²) in [6.45, 7) is 8.92. The number of fused-ring (bicyclic) bond motifs is 7. The maximum atomic E-state index is 12.9. The van der Waals surface area contributed by atoms with Gasteiger partial charge in [0.05, 0.1) is 6.54 Å². The highest BCUT2D eigenvalue weighted by Gasteiger charge is 2.71. The minimum Gasteiger partial charge on any atom is -0.463 e. The van der Waals surface area contributed by atoms with Crippen LogP contribution in [-0.2, 0) is 14.3 Å². The van der Waals surface area contributed by atoms with Crippen LogP contribution >= 0.6 is 0 Å². The Hall–Kier alpha value is -1.26. The normalized spacial score (nSPS) is 52.8. The van der Waals surface area contributed by atoms with E-state index in [9.17, 15) is 9.59 Å². The molecule has 160 valence electrons. The van der Waals surface area contributed by atoms with Crippen molar-refractivity contribution in [1.82, 2.24) is 0 Å². The molecule has 29 heavy (non-hydrogen) atoms. The first-order valence-electron chi connectivity index (χ1n) is 11.8. The molecule has 5 rings (SSSR count). The lowest BCUT2D eigenvalue weighted by molar-refractivity contribution is -0.161. The van der Waals surface area contributed by atoms with E-state index in [2.05, 4.69) is 24.1 Å². The summed E-state index contributed by atoms with van der Waals surface area (Å²) in [6, 6.07) is 0. The molecule has 0 N–H and O–H groups in total. The van der Waals surface area contributed by atoms with Crippen LogP contribution in [0.3, 0.4) is 0 Å². The molecule has 0 aromatic heterocycles.